The maximum Gasteiger partial charge on any atom is 0.221 e. The van der Waals surface area contributed by atoms with Crippen molar-refractivity contribution in [2.24, 2.45) is 5.73 Å². The van der Waals surface area contributed by atoms with E-state index in [-0.39, 0.29) is 18.1 Å². The highest BCUT2D eigenvalue weighted by Gasteiger charge is 2.10. The van der Waals surface area contributed by atoms with Crippen LogP contribution in [0.4, 0.5) is 4.39 Å². The van der Waals surface area contributed by atoms with Crippen molar-refractivity contribution in [3.05, 3.63) is 78.4 Å². The molecule has 4 nitrogen and oxygen atoms in total. The minimum atomic E-state index is -0.433. The number of hydrogen-bond donors (Lipinski definition) is 1. The highest BCUT2D eigenvalue weighted by Crippen LogP contribution is 2.33. The largest absolute Gasteiger partial charge is 0.454 e. The predicted molar refractivity (Wildman–Crippen MR) is 89.0 cm³/mol. The molecule has 120 valence electrons. The summed E-state index contributed by atoms with van der Waals surface area (Å²) in [5, 5.41) is 0. The van der Waals surface area contributed by atoms with Crippen molar-refractivity contribution < 1.29 is 13.9 Å². The molecule has 0 atom stereocenters. The van der Waals surface area contributed by atoms with E-state index < -0.39 is 5.82 Å². The zero-order valence-corrected chi connectivity index (χ0v) is 12.8. The van der Waals surface area contributed by atoms with E-state index >= 15 is 0 Å². The number of ether oxygens (including phenoxy) is 1. The Balaban J connectivity index is 1.92. The van der Waals surface area contributed by atoms with Gasteiger partial charge >= 0.3 is 0 Å². The molecule has 0 radical (unpaired) electrons. The second-order valence-electron chi connectivity index (χ2n) is 5.24. The van der Waals surface area contributed by atoms with E-state index in [4.69, 9.17) is 10.5 Å². The molecule has 0 saturated heterocycles. The molecule has 2 N–H and O–H groups in total. The maximum atomic E-state index is 13.8. The first-order valence-electron chi connectivity index (χ1n) is 7.37. The average Bonchev–Trinajstić information content (AvgIpc) is 2.58. The van der Waals surface area contributed by atoms with Gasteiger partial charge in [-0.3, -0.25) is 9.78 Å². The molecule has 0 saturated carbocycles. The molecule has 0 aliphatic rings. The van der Waals surface area contributed by atoms with Crippen molar-refractivity contribution in [1.82, 2.24) is 4.98 Å². The summed E-state index contributed by atoms with van der Waals surface area (Å²) in [6.45, 7) is 0. The van der Waals surface area contributed by atoms with E-state index in [0.29, 0.717) is 5.75 Å². The smallest absolute Gasteiger partial charge is 0.221 e. The third-order valence-corrected chi connectivity index (χ3v) is 3.48. The first-order valence-corrected chi connectivity index (χ1v) is 7.37. The molecule has 1 aromatic heterocycles. The molecule has 5 heteroatoms. The molecule has 1 heterocycles. The number of carbonyl (C=O) groups is 1. The van der Waals surface area contributed by atoms with Crippen molar-refractivity contribution in [3.8, 4) is 22.6 Å². The maximum absolute atomic E-state index is 13.8. The molecule has 0 fully saturated rings. The Morgan fingerprint density at radius 3 is 2.50 bits per heavy atom. The van der Waals surface area contributed by atoms with Gasteiger partial charge in [0.25, 0.3) is 0 Å². The summed E-state index contributed by atoms with van der Waals surface area (Å²) in [5.41, 5.74) is 7.60. The minimum absolute atomic E-state index is 0.148. The summed E-state index contributed by atoms with van der Waals surface area (Å²) < 4.78 is 19.5. The van der Waals surface area contributed by atoms with Crippen LogP contribution in [0.15, 0.2) is 67.0 Å². The summed E-state index contributed by atoms with van der Waals surface area (Å²) in [7, 11) is 0. The Kier molecular flexibility index (Phi) is 4.52. The quantitative estimate of drug-likeness (QED) is 0.779. The van der Waals surface area contributed by atoms with Crippen LogP contribution < -0.4 is 10.5 Å². The van der Waals surface area contributed by atoms with E-state index in [0.717, 1.165) is 16.7 Å². The van der Waals surface area contributed by atoms with Gasteiger partial charge in [0.05, 0.1) is 6.42 Å². The predicted octanol–water partition coefficient (Wildman–Crippen LogP) is 3.71. The molecule has 1 amide bonds. The van der Waals surface area contributed by atoms with Gasteiger partial charge in [-0.25, -0.2) is 4.39 Å². The first kappa shape index (κ1) is 15.7. The van der Waals surface area contributed by atoms with E-state index in [2.05, 4.69) is 4.98 Å². The monoisotopic (exact) mass is 322 g/mol. The Labute approximate surface area is 138 Å². The Morgan fingerprint density at radius 2 is 1.79 bits per heavy atom. The standard InChI is InChI=1S/C19H15FN2O2/c20-16-3-1-2-4-18(16)24-17-9-10-22-12-15(17)14-7-5-13(6-8-14)11-19(21)23/h1-10,12H,11H2,(H2,21,23). The fourth-order valence-corrected chi connectivity index (χ4v) is 2.34. The Hall–Kier alpha value is -3.21. The van der Waals surface area contributed by atoms with Crippen LogP contribution in [0.1, 0.15) is 5.56 Å². The topological polar surface area (TPSA) is 65.2 Å². The van der Waals surface area contributed by atoms with Gasteiger partial charge in [0.1, 0.15) is 5.75 Å². The van der Waals surface area contributed by atoms with Gasteiger partial charge in [0.2, 0.25) is 5.91 Å². The number of nitrogens with two attached hydrogens (primary N) is 1. The van der Waals surface area contributed by atoms with Gasteiger partial charge in [-0.15, -0.1) is 0 Å². The van der Waals surface area contributed by atoms with Gasteiger partial charge in [-0.1, -0.05) is 36.4 Å². The highest BCUT2D eigenvalue weighted by molar-refractivity contribution is 5.77. The number of rotatable bonds is 5. The van der Waals surface area contributed by atoms with Crippen LogP contribution >= 0.6 is 0 Å². The summed E-state index contributed by atoms with van der Waals surface area (Å²) in [4.78, 5) is 15.1. The lowest BCUT2D eigenvalue weighted by molar-refractivity contribution is -0.117. The Morgan fingerprint density at radius 1 is 1.04 bits per heavy atom. The van der Waals surface area contributed by atoms with Gasteiger partial charge < -0.3 is 10.5 Å². The lowest BCUT2D eigenvalue weighted by atomic mass is 10.0. The van der Waals surface area contributed by atoms with Crippen LogP contribution in [-0.4, -0.2) is 10.9 Å². The number of primary amides is 1. The third-order valence-electron chi connectivity index (χ3n) is 3.48. The molecule has 0 unspecified atom stereocenters. The van der Waals surface area contributed by atoms with Crippen LogP contribution in [0, 0.1) is 5.82 Å². The molecule has 2 aromatic carbocycles. The zero-order valence-electron chi connectivity index (χ0n) is 12.8. The summed E-state index contributed by atoms with van der Waals surface area (Å²) >= 11 is 0. The van der Waals surface area contributed by atoms with E-state index in [9.17, 15) is 9.18 Å². The summed E-state index contributed by atoms with van der Waals surface area (Å²) in [5.74, 6) is -0.169. The molecular weight excluding hydrogens is 307 g/mol. The molecule has 3 aromatic rings. The fraction of sp³-hybridized carbons (Fsp3) is 0.0526. The van der Waals surface area contributed by atoms with Crippen molar-refractivity contribution >= 4 is 5.91 Å². The molecular formula is C19H15FN2O2. The fourth-order valence-electron chi connectivity index (χ4n) is 2.34. The SMILES string of the molecule is NC(=O)Cc1ccc(-c2cnccc2Oc2ccccc2F)cc1. The number of pyridine rings is 1. The van der Waals surface area contributed by atoms with Gasteiger partial charge in [0, 0.05) is 18.0 Å². The van der Waals surface area contributed by atoms with Crippen LogP contribution in [0.5, 0.6) is 11.5 Å². The number of benzene rings is 2. The molecule has 24 heavy (non-hydrogen) atoms. The highest BCUT2D eigenvalue weighted by atomic mass is 19.1. The van der Waals surface area contributed by atoms with E-state index in [1.165, 1.54) is 6.07 Å². The van der Waals surface area contributed by atoms with Crippen molar-refractivity contribution in [2.45, 2.75) is 6.42 Å². The molecule has 0 aliphatic heterocycles. The van der Waals surface area contributed by atoms with Gasteiger partial charge in [-0.05, 0) is 29.3 Å². The number of aromatic nitrogens is 1. The van der Waals surface area contributed by atoms with Crippen LogP contribution in [-0.2, 0) is 11.2 Å². The number of nitrogens with zero attached hydrogens (tertiary/aromatic N) is 1. The number of carbonyl (C=O) groups excluding carboxylic acids is 1. The zero-order chi connectivity index (χ0) is 16.9. The summed E-state index contributed by atoms with van der Waals surface area (Å²) in [6, 6.07) is 15.2. The second kappa shape index (κ2) is 6.91. The number of hydrogen-bond acceptors (Lipinski definition) is 3. The van der Waals surface area contributed by atoms with Crippen LogP contribution in [0.3, 0.4) is 0 Å². The third kappa shape index (κ3) is 3.57. The second-order valence-corrected chi connectivity index (χ2v) is 5.24. The van der Waals surface area contributed by atoms with Crippen molar-refractivity contribution in [2.75, 3.05) is 0 Å². The van der Waals surface area contributed by atoms with Crippen molar-refractivity contribution in [3.63, 3.8) is 0 Å². The van der Waals surface area contributed by atoms with Crippen LogP contribution in [0.2, 0.25) is 0 Å². The molecule has 0 bridgehead atoms. The number of halogens is 1. The van der Waals surface area contributed by atoms with Crippen LogP contribution in [0.25, 0.3) is 11.1 Å². The van der Waals surface area contributed by atoms with E-state index in [1.54, 1.807) is 36.7 Å². The molecule has 3 rings (SSSR count). The lowest BCUT2D eigenvalue weighted by Gasteiger charge is -2.11. The van der Waals surface area contributed by atoms with Gasteiger partial charge in [-0.2, -0.15) is 0 Å². The average molecular weight is 322 g/mol. The number of amides is 1. The summed E-state index contributed by atoms with van der Waals surface area (Å²) in [6.07, 6.45) is 3.42. The Bertz CT molecular complexity index is 863. The lowest BCUT2D eigenvalue weighted by Crippen LogP contribution is -2.13. The molecule has 0 aliphatic carbocycles. The molecule has 0 spiro atoms. The normalized spacial score (nSPS) is 10.4. The first-order chi connectivity index (χ1) is 11.6. The minimum Gasteiger partial charge on any atom is -0.454 e. The van der Waals surface area contributed by atoms with Crippen molar-refractivity contribution in [1.29, 1.82) is 0 Å². The number of para-hydroxylation sites is 1. The van der Waals surface area contributed by atoms with E-state index in [1.807, 2.05) is 24.3 Å². The van der Waals surface area contributed by atoms with Gasteiger partial charge in [0.15, 0.2) is 11.6 Å².